The lowest BCUT2D eigenvalue weighted by atomic mass is 9.87. The topological polar surface area (TPSA) is 95.9 Å². The Kier molecular flexibility index (Phi) is 9.91. The summed E-state index contributed by atoms with van der Waals surface area (Å²) in [4.78, 5) is 31.6. The number of hydrogen-bond donors (Lipinski definition) is 2. The number of amides is 1. The Balaban J connectivity index is 1.19. The van der Waals surface area contributed by atoms with E-state index >= 15 is 0 Å². The van der Waals surface area contributed by atoms with Crippen LogP contribution in [0.2, 0.25) is 0 Å². The molecule has 0 saturated carbocycles. The Morgan fingerprint density at radius 3 is 2.51 bits per heavy atom. The van der Waals surface area contributed by atoms with Crippen LogP contribution in [0.3, 0.4) is 0 Å². The molecule has 45 heavy (non-hydrogen) atoms. The lowest BCUT2D eigenvalue weighted by Gasteiger charge is -2.32. The number of aromatic nitrogens is 4. The van der Waals surface area contributed by atoms with E-state index in [1.807, 2.05) is 30.3 Å². The summed E-state index contributed by atoms with van der Waals surface area (Å²) >= 11 is 0. The van der Waals surface area contributed by atoms with E-state index in [9.17, 15) is 22.4 Å². The number of piperidine rings is 1. The number of carbonyl (C=O) groups is 1. The predicted molar refractivity (Wildman–Crippen MR) is 165 cm³/mol. The Morgan fingerprint density at radius 1 is 1.04 bits per heavy atom. The van der Waals surface area contributed by atoms with E-state index in [0.29, 0.717) is 42.3 Å². The number of carbonyl (C=O) groups excluding carboxylic acids is 1. The SMILES string of the molecule is CNC(=O)c1c(F)cnc2c(C(C)[C@H](C)CNc3cc(-c4ccc(CC5CCN(CC(F)(F)F)CC5)nc4)ncn3)cccc12. The number of rotatable bonds is 10. The van der Waals surface area contributed by atoms with Gasteiger partial charge in [0.05, 0.1) is 29.5 Å². The van der Waals surface area contributed by atoms with Gasteiger partial charge in [0, 0.05) is 42.5 Å². The first-order chi connectivity index (χ1) is 21.5. The molecule has 238 valence electrons. The molecule has 3 aromatic heterocycles. The first kappa shape index (κ1) is 32.2. The van der Waals surface area contributed by atoms with Crippen molar-refractivity contribution in [1.29, 1.82) is 0 Å². The van der Waals surface area contributed by atoms with E-state index < -0.39 is 24.4 Å². The van der Waals surface area contributed by atoms with E-state index in [0.717, 1.165) is 48.0 Å². The second-order valence-electron chi connectivity index (χ2n) is 11.8. The van der Waals surface area contributed by atoms with E-state index in [4.69, 9.17) is 0 Å². The minimum absolute atomic E-state index is 0.0106. The molecular formula is C33H37F4N7O. The normalized spacial score (nSPS) is 16.0. The molecule has 1 aliphatic heterocycles. The van der Waals surface area contributed by atoms with Gasteiger partial charge in [-0.2, -0.15) is 13.2 Å². The average molecular weight is 624 g/mol. The van der Waals surface area contributed by atoms with Gasteiger partial charge in [-0.15, -0.1) is 0 Å². The third kappa shape index (κ3) is 7.91. The third-order valence-corrected chi connectivity index (χ3v) is 8.68. The summed E-state index contributed by atoms with van der Waals surface area (Å²) in [7, 11) is 1.47. The summed E-state index contributed by atoms with van der Waals surface area (Å²) in [5.74, 6) is -0.0106. The van der Waals surface area contributed by atoms with Crippen molar-refractivity contribution in [3.05, 3.63) is 77.8 Å². The molecule has 1 fully saturated rings. The lowest BCUT2D eigenvalue weighted by Crippen LogP contribution is -2.40. The highest BCUT2D eigenvalue weighted by Crippen LogP contribution is 2.32. The van der Waals surface area contributed by atoms with Crippen LogP contribution < -0.4 is 10.6 Å². The van der Waals surface area contributed by atoms with Crippen molar-refractivity contribution in [2.24, 2.45) is 11.8 Å². The van der Waals surface area contributed by atoms with Gasteiger partial charge in [0.15, 0.2) is 5.82 Å². The van der Waals surface area contributed by atoms with E-state index in [1.165, 1.54) is 18.3 Å². The van der Waals surface area contributed by atoms with Gasteiger partial charge in [0.2, 0.25) is 0 Å². The molecular weight excluding hydrogens is 586 g/mol. The van der Waals surface area contributed by atoms with E-state index in [-0.39, 0.29) is 17.4 Å². The smallest absolute Gasteiger partial charge is 0.370 e. The van der Waals surface area contributed by atoms with Crippen molar-refractivity contribution in [3.8, 4) is 11.3 Å². The fourth-order valence-electron chi connectivity index (χ4n) is 5.90. The van der Waals surface area contributed by atoms with Crippen molar-refractivity contribution >= 4 is 22.6 Å². The van der Waals surface area contributed by atoms with Crippen LogP contribution in [0.1, 0.15) is 54.2 Å². The van der Waals surface area contributed by atoms with Gasteiger partial charge >= 0.3 is 6.18 Å². The standard InChI is InChI=1S/C33H37F4N7O/c1-20(21(2)25-5-4-6-26-30(32(45)38-3)27(34)17-41-31(25)26)15-40-29-14-28(42-19-43-29)23-7-8-24(39-16-23)13-22-9-11-44(12-10-22)18-33(35,36)37/h4-8,14,16-17,19-22H,9-13,15,18H2,1-3H3,(H,38,45)(H,40,42,43)/t20-,21?/m1/s1. The number of alkyl halides is 3. The molecule has 1 saturated heterocycles. The number of nitrogens with zero attached hydrogens (tertiary/aromatic N) is 5. The van der Waals surface area contributed by atoms with Crippen LogP contribution in [0.25, 0.3) is 22.2 Å². The predicted octanol–water partition coefficient (Wildman–Crippen LogP) is 6.25. The maximum Gasteiger partial charge on any atom is 0.401 e. The largest absolute Gasteiger partial charge is 0.401 e. The van der Waals surface area contributed by atoms with E-state index in [1.54, 1.807) is 12.3 Å². The number of para-hydroxylation sites is 1. The quantitative estimate of drug-likeness (QED) is 0.202. The first-order valence-electron chi connectivity index (χ1n) is 15.1. The van der Waals surface area contributed by atoms with Crippen LogP contribution in [0.15, 0.2) is 55.1 Å². The zero-order chi connectivity index (χ0) is 32.1. The molecule has 0 radical (unpaired) electrons. The van der Waals surface area contributed by atoms with Crippen LogP contribution >= 0.6 is 0 Å². The van der Waals surface area contributed by atoms with Crippen molar-refractivity contribution < 1.29 is 22.4 Å². The van der Waals surface area contributed by atoms with Gasteiger partial charge in [-0.3, -0.25) is 19.7 Å². The number of hydrogen-bond acceptors (Lipinski definition) is 7. The van der Waals surface area contributed by atoms with Gasteiger partial charge < -0.3 is 10.6 Å². The molecule has 1 aromatic carbocycles. The number of fused-ring (bicyclic) bond motifs is 1. The van der Waals surface area contributed by atoms with Crippen LogP contribution in [0.5, 0.6) is 0 Å². The number of nitrogens with one attached hydrogen (secondary N) is 2. The molecule has 0 aliphatic carbocycles. The van der Waals surface area contributed by atoms with Crippen molar-refractivity contribution in [2.75, 3.05) is 38.5 Å². The summed E-state index contributed by atoms with van der Waals surface area (Å²) in [5, 5.41) is 6.37. The minimum Gasteiger partial charge on any atom is -0.370 e. The van der Waals surface area contributed by atoms with Crippen molar-refractivity contribution in [1.82, 2.24) is 30.2 Å². The van der Waals surface area contributed by atoms with Gasteiger partial charge in [-0.25, -0.2) is 14.4 Å². The van der Waals surface area contributed by atoms with Crippen LogP contribution in [0, 0.1) is 17.7 Å². The van der Waals surface area contributed by atoms with Crippen LogP contribution in [-0.2, 0) is 6.42 Å². The van der Waals surface area contributed by atoms with Gasteiger partial charge in [-0.05, 0) is 67.8 Å². The maximum atomic E-state index is 14.5. The Bertz CT molecular complexity index is 1620. The molecule has 1 amide bonds. The second-order valence-corrected chi connectivity index (χ2v) is 11.8. The number of halogens is 4. The van der Waals surface area contributed by atoms with Gasteiger partial charge in [0.25, 0.3) is 5.91 Å². The molecule has 2 N–H and O–H groups in total. The van der Waals surface area contributed by atoms with Crippen molar-refractivity contribution in [2.45, 2.75) is 45.2 Å². The zero-order valence-corrected chi connectivity index (χ0v) is 25.5. The van der Waals surface area contributed by atoms with Crippen LogP contribution in [-0.4, -0.2) is 70.1 Å². The summed E-state index contributed by atoms with van der Waals surface area (Å²) in [6, 6.07) is 11.3. The van der Waals surface area contributed by atoms with Gasteiger partial charge in [0.1, 0.15) is 12.1 Å². The summed E-state index contributed by atoms with van der Waals surface area (Å²) in [6.45, 7) is 4.84. The van der Waals surface area contributed by atoms with E-state index in [2.05, 4.69) is 44.4 Å². The average Bonchev–Trinajstić information content (AvgIpc) is 3.03. The van der Waals surface area contributed by atoms with Gasteiger partial charge in [-0.1, -0.05) is 32.0 Å². The Hall–Kier alpha value is -4.19. The fraction of sp³-hybridized carbons (Fsp3) is 0.424. The molecule has 8 nitrogen and oxygen atoms in total. The molecule has 4 aromatic rings. The Morgan fingerprint density at radius 2 is 1.82 bits per heavy atom. The number of benzene rings is 1. The molecule has 4 heterocycles. The first-order valence-corrected chi connectivity index (χ1v) is 15.1. The summed E-state index contributed by atoms with van der Waals surface area (Å²) < 4.78 is 52.5. The highest BCUT2D eigenvalue weighted by atomic mass is 19.4. The Labute approximate surface area is 259 Å². The molecule has 2 atom stereocenters. The number of pyridine rings is 2. The summed E-state index contributed by atoms with van der Waals surface area (Å²) in [6.07, 6.45) is 2.40. The van der Waals surface area contributed by atoms with Crippen LogP contribution in [0.4, 0.5) is 23.4 Å². The molecule has 12 heteroatoms. The number of likely N-dealkylation sites (tertiary alicyclic amines) is 1. The van der Waals surface area contributed by atoms with Crippen molar-refractivity contribution in [3.63, 3.8) is 0 Å². The second kappa shape index (κ2) is 13.8. The lowest BCUT2D eigenvalue weighted by molar-refractivity contribution is -0.148. The molecule has 0 bridgehead atoms. The number of anilines is 1. The highest BCUT2D eigenvalue weighted by molar-refractivity contribution is 6.06. The molecule has 0 spiro atoms. The highest BCUT2D eigenvalue weighted by Gasteiger charge is 2.32. The third-order valence-electron chi connectivity index (χ3n) is 8.68. The molecule has 5 rings (SSSR count). The maximum absolute atomic E-state index is 14.5. The monoisotopic (exact) mass is 623 g/mol. The zero-order valence-electron chi connectivity index (χ0n) is 25.5. The minimum atomic E-state index is -4.16. The fourth-order valence-corrected chi connectivity index (χ4v) is 5.90. The molecule has 1 aliphatic rings. The summed E-state index contributed by atoms with van der Waals surface area (Å²) in [5.41, 5.74) is 3.98. The molecule has 1 unspecified atom stereocenters.